The highest BCUT2D eigenvalue weighted by molar-refractivity contribution is 5.96. The number of fused-ring (bicyclic) bond motifs is 1. The number of aromatic nitrogens is 5. The van der Waals surface area contributed by atoms with Gasteiger partial charge in [-0.25, -0.2) is 23.4 Å². The molecule has 0 radical (unpaired) electrons. The first-order valence-electron chi connectivity index (χ1n) is 13.6. The Bertz CT molecular complexity index is 1590. The lowest BCUT2D eigenvalue weighted by Crippen LogP contribution is -2.53. The van der Waals surface area contributed by atoms with Crippen LogP contribution < -0.4 is 11.1 Å². The lowest BCUT2D eigenvalue weighted by Gasteiger charge is -2.35. The molecule has 42 heavy (non-hydrogen) atoms. The maximum absolute atomic E-state index is 13.8. The van der Waals surface area contributed by atoms with Crippen LogP contribution in [0.5, 0.6) is 0 Å². The van der Waals surface area contributed by atoms with E-state index in [0.717, 1.165) is 5.56 Å². The van der Waals surface area contributed by atoms with E-state index in [2.05, 4.69) is 20.4 Å². The second-order valence-corrected chi connectivity index (χ2v) is 10.1. The fraction of sp³-hybridized carbons (Fsp3) is 0.393. The number of hydrogen-bond donors (Lipinski definition) is 2. The summed E-state index contributed by atoms with van der Waals surface area (Å²) < 4.78 is 35.6. The van der Waals surface area contributed by atoms with Gasteiger partial charge in [-0.05, 0) is 37.1 Å². The summed E-state index contributed by atoms with van der Waals surface area (Å²) in [6, 6.07) is 4.89. The molecule has 0 bridgehead atoms. The van der Waals surface area contributed by atoms with Crippen molar-refractivity contribution in [3.63, 3.8) is 0 Å². The van der Waals surface area contributed by atoms with Crippen LogP contribution in [-0.2, 0) is 22.7 Å². The summed E-state index contributed by atoms with van der Waals surface area (Å²) in [4.78, 5) is 37.9. The number of imidazole rings is 1. The highest BCUT2D eigenvalue weighted by atomic mass is 19.3. The molecule has 3 aromatic heterocycles. The third-order valence-electron chi connectivity index (χ3n) is 7.21. The molecule has 5 rings (SSSR count). The highest BCUT2D eigenvalue weighted by Gasteiger charge is 2.27. The first kappa shape index (κ1) is 29.1. The number of anilines is 2. The van der Waals surface area contributed by atoms with Crippen molar-refractivity contribution in [1.29, 1.82) is 0 Å². The van der Waals surface area contributed by atoms with Crippen LogP contribution in [0.1, 0.15) is 41.9 Å². The summed E-state index contributed by atoms with van der Waals surface area (Å²) in [6.07, 6.45) is 4.04. The smallest absolute Gasteiger partial charge is 0.282 e. The van der Waals surface area contributed by atoms with Crippen molar-refractivity contribution in [1.82, 2.24) is 33.9 Å². The minimum absolute atomic E-state index is 0.0342. The van der Waals surface area contributed by atoms with Crippen molar-refractivity contribution < 1.29 is 23.1 Å². The van der Waals surface area contributed by atoms with E-state index in [1.807, 2.05) is 13.0 Å². The number of rotatable bonds is 9. The van der Waals surface area contributed by atoms with Gasteiger partial charge in [-0.1, -0.05) is 6.92 Å². The number of alkyl halides is 2. The summed E-state index contributed by atoms with van der Waals surface area (Å²) in [6.45, 7) is 5.43. The maximum Gasteiger partial charge on any atom is 0.282 e. The van der Waals surface area contributed by atoms with Gasteiger partial charge in [0.25, 0.3) is 12.3 Å². The van der Waals surface area contributed by atoms with E-state index in [-0.39, 0.29) is 29.8 Å². The van der Waals surface area contributed by atoms with Crippen molar-refractivity contribution in [3.8, 4) is 11.3 Å². The predicted octanol–water partition coefficient (Wildman–Crippen LogP) is 3.07. The van der Waals surface area contributed by atoms with Gasteiger partial charge in [0, 0.05) is 68.7 Å². The van der Waals surface area contributed by atoms with E-state index < -0.39 is 12.5 Å². The van der Waals surface area contributed by atoms with Crippen molar-refractivity contribution in [2.24, 2.45) is 5.73 Å². The molecule has 1 aromatic carbocycles. The minimum atomic E-state index is -2.78. The average Bonchev–Trinajstić information content (AvgIpc) is 3.61. The molecule has 12 nitrogen and oxygen atoms in total. The number of nitrogens with two attached hydrogens (primary N) is 1. The molecule has 3 N–H and O–H groups in total. The molecule has 1 saturated heterocycles. The van der Waals surface area contributed by atoms with E-state index in [0.29, 0.717) is 61.0 Å². The molecule has 4 heterocycles. The van der Waals surface area contributed by atoms with Crippen LogP contribution in [0.3, 0.4) is 0 Å². The molecular weight excluding hydrogens is 548 g/mol. The number of benzene rings is 1. The van der Waals surface area contributed by atoms with Gasteiger partial charge in [0.2, 0.25) is 5.91 Å². The molecule has 0 spiro atoms. The van der Waals surface area contributed by atoms with Crippen LogP contribution in [0.25, 0.3) is 16.9 Å². The van der Waals surface area contributed by atoms with Crippen LogP contribution >= 0.6 is 0 Å². The molecule has 14 heteroatoms. The zero-order chi connectivity index (χ0) is 30.0. The Balaban J connectivity index is 1.37. The van der Waals surface area contributed by atoms with Gasteiger partial charge in [-0.2, -0.15) is 5.10 Å². The molecule has 0 aliphatic carbocycles. The first-order chi connectivity index (χ1) is 20.2. The molecule has 1 aliphatic heterocycles. The number of ether oxygens (including phenoxy) is 1. The fourth-order valence-corrected chi connectivity index (χ4v) is 5.10. The molecule has 0 unspecified atom stereocenters. The second kappa shape index (κ2) is 12.2. The minimum Gasteiger partial charge on any atom is -0.362 e. The summed E-state index contributed by atoms with van der Waals surface area (Å²) in [7, 11) is 1.46. The van der Waals surface area contributed by atoms with Crippen LogP contribution in [0, 0.1) is 0 Å². The third kappa shape index (κ3) is 5.67. The van der Waals surface area contributed by atoms with Gasteiger partial charge in [0.15, 0.2) is 11.5 Å². The number of piperazine rings is 1. The topological polar surface area (TPSA) is 136 Å². The predicted molar refractivity (Wildman–Crippen MR) is 151 cm³/mol. The molecule has 4 aromatic rings. The first-order valence-corrected chi connectivity index (χ1v) is 13.6. The van der Waals surface area contributed by atoms with Crippen molar-refractivity contribution >= 4 is 29.0 Å². The molecule has 0 saturated carbocycles. The average molecular weight is 582 g/mol. The quantitative estimate of drug-likeness (QED) is 0.308. The molecule has 222 valence electrons. The third-order valence-corrected chi connectivity index (χ3v) is 7.21. The normalized spacial score (nSPS) is 14.5. The number of nitrogens with zero attached hydrogens (tertiary/aromatic N) is 7. The van der Waals surface area contributed by atoms with E-state index in [9.17, 15) is 18.4 Å². The Morgan fingerprint density at radius 1 is 1.14 bits per heavy atom. The number of methoxy groups -OCH3 is 1. The van der Waals surface area contributed by atoms with E-state index >= 15 is 0 Å². The number of hydrogen-bond acceptors (Lipinski definition) is 8. The number of amides is 2. The van der Waals surface area contributed by atoms with Crippen LogP contribution in [0.2, 0.25) is 0 Å². The summed E-state index contributed by atoms with van der Waals surface area (Å²) >= 11 is 0. The Morgan fingerprint density at radius 2 is 1.88 bits per heavy atom. The van der Waals surface area contributed by atoms with Gasteiger partial charge < -0.3 is 25.6 Å². The monoisotopic (exact) mass is 581 g/mol. The van der Waals surface area contributed by atoms with Crippen molar-refractivity contribution in [2.75, 3.05) is 38.6 Å². The van der Waals surface area contributed by atoms with Gasteiger partial charge >= 0.3 is 0 Å². The number of carbonyl (C=O) groups is 2. The highest BCUT2D eigenvalue weighted by Crippen LogP contribution is 2.32. The van der Waals surface area contributed by atoms with Crippen molar-refractivity contribution in [3.05, 3.63) is 59.8 Å². The molecular formula is C28H33F2N9O3. The van der Waals surface area contributed by atoms with Gasteiger partial charge in [0.1, 0.15) is 12.4 Å². The summed E-state index contributed by atoms with van der Waals surface area (Å²) in [5.41, 5.74) is 8.61. The molecule has 1 aliphatic rings. The molecule has 2 amide bonds. The summed E-state index contributed by atoms with van der Waals surface area (Å²) in [5.74, 6) is 0.214. The second-order valence-electron chi connectivity index (χ2n) is 10.1. The van der Waals surface area contributed by atoms with Crippen molar-refractivity contribution in [2.45, 2.75) is 39.5 Å². The van der Waals surface area contributed by atoms with Crippen LogP contribution in [0.15, 0.2) is 43.0 Å². The zero-order valence-corrected chi connectivity index (χ0v) is 23.6. The summed E-state index contributed by atoms with van der Waals surface area (Å²) in [5, 5.41) is 7.22. The Kier molecular flexibility index (Phi) is 8.45. The van der Waals surface area contributed by atoms with Crippen LogP contribution in [0.4, 0.5) is 20.3 Å². The maximum atomic E-state index is 13.8. The van der Waals surface area contributed by atoms with Crippen LogP contribution in [-0.4, -0.2) is 85.1 Å². The number of aryl methyl sites for hydroxylation is 1. The number of halogens is 2. The van der Waals surface area contributed by atoms with Gasteiger partial charge in [0.05, 0.1) is 17.9 Å². The lowest BCUT2D eigenvalue weighted by molar-refractivity contribution is -0.133. The molecule has 1 fully saturated rings. The fourth-order valence-electron chi connectivity index (χ4n) is 5.10. The van der Waals surface area contributed by atoms with E-state index in [1.54, 1.807) is 45.7 Å². The zero-order valence-electron chi connectivity index (χ0n) is 23.6. The van der Waals surface area contributed by atoms with E-state index in [4.69, 9.17) is 10.5 Å². The molecule has 1 atom stereocenters. The SMILES string of the molecule is CCc1cc(Nc2nccn3c(-c4cn(COC)nc4C(F)F)cnc23)ccc1C(=O)N1CCN(C(=O)[C@@H](C)N)CC1. The number of nitrogens with one attached hydrogen (secondary N) is 1. The van der Waals surface area contributed by atoms with Gasteiger partial charge in [-0.15, -0.1) is 0 Å². The Labute approximate surface area is 241 Å². The standard InChI is InChI=1S/C28H33F2N9O3/c1-4-18-13-19(5-6-20(18)28(41)37-11-9-36(10-12-37)27(40)17(2)31)34-25-26-33-14-22(39(26)8-7-32-25)21-15-38(16-42-3)35-23(21)24(29)30/h5-8,13-15,17,24H,4,9-12,16,31H2,1-3H3,(H,32,34)/t17-/m1/s1. The lowest BCUT2D eigenvalue weighted by atomic mass is 10.0. The number of carbonyl (C=O) groups excluding carboxylic acids is 2. The Hall–Kier alpha value is -4.43. The Morgan fingerprint density at radius 3 is 2.55 bits per heavy atom. The largest absolute Gasteiger partial charge is 0.362 e. The van der Waals surface area contributed by atoms with E-state index in [1.165, 1.54) is 24.2 Å². The van der Waals surface area contributed by atoms with Gasteiger partial charge in [-0.3, -0.25) is 14.0 Å².